The highest BCUT2D eigenvalue weighted by Gasteiger charge is 2.47. The number of ketones is 1. The Bertz CT molecular complexity index is 1700. The Balaban J connectivity index is 1.42. The normalized spacial score (nSPS) is 32.3. The van der Waals surface area contributed by atoms with Crippen molar-refractivity contribution < 1.29 is 114 Å². The number of Topliss-reactive ketones (excluding diaryl/α,β-unsaturated/α-hetero) is 1. The van der Waals surface area contributed by atoms with Crippen LogP contribution in [0.2, 0.25) is 0 Å². The molecule has 0 aromatic heterocycles. The maximum atomic E-state index is 14.2. The molecule has 16 atom stereocenters. The Morgan fingerprint density at radius 1 is 0.627 bits per heavy atom. The van der Waals surface area contributed by atoms with Crippen molar-refractivity contribution in [3.05, 3.63) is 0 Å². The number of aliphatic hydroxyl groups is 12. The molecule has 0 bridgehead atoms. The Morgan fingerprint density at radius 3 is 1.55 bits per heavy atom. The number of carbonyl (C=O) groups excluding carboxylic acids is 5. The van der Waals surface area contributed by atoms with Gasteiger partial charge in [-0.3, -0.25) is 24.0 Å². The Hall–Kier alpha value is -3.21. The minimum absolute atomic E-state index is 0.105. The van der Waals surface area contributed by atoms with Crippen molar-refractivity contribution in [3.63, 3.8) is 0 Å². The van der Waals surface area contributed by atoms with Gasteiger partial charge in [0.25, 0.3) is 0 Å². The van der Waals surface area contributed by atoms with Gasteiger partial charge in [-0.25, -0.2) is 0 Å². The van der Waals surface area contributed by atoms with Gasteiger partial charge >= 0.3 is 0 Å². The number of hydrogen-bond donors (Lipinski definition) is 15. The smallest absolute Gasteiger partial charge is 0.222 e. The van der Waals surface area contributed by atoms with Crippen LogP contribution in [0.15, 0.2) is 0 Å². The molecular formula is C47H83N5O23. The van der Waals surface area contributed by atoms with E-state index in [1.165, 1.54) is 11.8 Å². The second-order valence-electron chi connectivity index (χ2n) is 19.7. The SMILES string of the molecule is CC(=O)[C@H](CCCCN)NC(=O)CCCCC(=O)N1CCC(CCC(=O)N(CCO[C@H]2O[C@H](CO)[C@@H](O)[C@H](O)[C@@H]2O)CCO[C@H]2O[C@H](CO)[C@@H](O)[C@H](O)[C@@H]2O)(CC(=O)NCCO[C@H]2O[C@H](CO)[C@@H](O)[C@H](O)[C@@H]2O)CC1. The third-order valence-corrected chi connectivity index (χ3v) is 14.3. The summed E-state index contributed by atoms with van der Waals surface area (Å²) in [5, 5.41) is 127. The predicted octanol–water partition coefficient (Wildman–Crippen LogP) is -7.08. The number of aliphatic hydroxyl groups excluding tert-OH is 12. The third kappa shape index (κ3) is 19.0. The first kappa shape index (κ1) is 64.3. The van der Waals surface area contributed by atoms with E-state index in [0.29, 0.717) is 32.2 Å². The van der Waals surface area contributed by atoms with Gasteiger partial charge in [-0.05, 0) is 70.3 Å². The van der Waals surface area contributed by atoms with Crippen LogP contribution < -0.4 is 16.4 Å². The zero-order chi connectivity index (χ0) is 55.4. The molecule has 0 aliphatic carbocycles. The van der Waals surface area contributed by atoms with Crippen LogP contribution in [0.5, 0.6) is 0 Å². The van der Waals surface area contributed by atoms with Crippen LogP contribution in [-0.2, 0) is 52.4 Å². The second kappa shape index (κ2) is 32.0. The van der Waals surface area contributed by atoms with E-state index < -0.39 is 135 Å². The topological polar surface area (TPSA) is 440 Å². The summed E-state index contributed by atoms with van der Waals surface area (Å²) in [6.45, 7) is -1.17. The van der Waals surface area contributed by atoms with Crippen LogP contribution in [-0.4, -0.2) is 278 Å². The highest BCUT2D eigenvalue weighted by molar-refractivity contribution is 5.87. The molecular weight excluding hydrogens is 1000 g/mol. The number of nitrogens with one attached hydrogen (secondary N) is 2. The molecule has 434 valence electrons. The molecule has 0 radical (unpaired) electrons. The molecule has 0 saturated carbocycles. The van der Waals surface area contributed by atoms with E-state index in [2.05, 4.69) is 10.6 Å². The fourth-order valence-corrected chi connectivity index (χ4v) is 9.44. The summed E-state index contributed by atoms with van der Waals surface area (Å²) in [6.07, 6.45) is -20.1. The Morgan fingerprint density at radius 2 is 1.09 bits per heavy atom. The molecule has 4 aliphatic heterocycles. The fraction of sp³-hybridized carbons (Fsp3) is 0.894. The fourth-order valence-electron chi connectivity index (χ4n) is 9.44. The van der Waals surface area contributed by atoms with E-state index in [-0.39, 0.29) is 115 Å². The molecule has 28 heteroatoms. The molecule has 4 amide bonds. The lowest BCUT2D eigenvalue weighted by atomic mass is 9.72. The first-order valence-corrected chi connectivity index (χ1v) is 25.8. The summed E-state index contributed by atoms with van der Waals surface area (Å²) >= 11 is 0. The molecule has 28 nitrogen and oxygen atoms in total. The maximum Gasteiger partial charge on any atom is 0.222 e. The first-order chi connectivity index (χ1) is 35.7. The summed E-state index contributed by atoms with van der Waals surface area (Å²) in [5.41, 5.74) is 4.68. The highest BCUT2D eigenvalue weighted by atomic mass is 16.7. The number of rotatable bonds is 31. The number of likely N-dealkylation sites (tertiary alicyclic amines) is 1. The van der Waals surface area contributed by atoms with E-state index in [1.807, 2.05) is 0 Å². The van der Waals surface area contributed by atoms with Crippen LogP contribution >= 0.6 is 0 Å². The number of nitrogens with zero attached hydrogens (tertiary/aromatic N) is 2. The van der Waals surface area contributed by atoms with E-state index in [1.54, 1.807) is 4.90 Å². The van der Waals surface area contributed by atoms with Gasteiger partial charge in [0.1, 0.15) is 73.2 Å². The Kier molecular flexibility index (Phi) is 27.4. The van der Waals surface area contributed by atoms with Crippen LogP contribution in [0, 0.1) is 5.41 Å². The van der Waals surface area contributed by atoms with E-state index in [4.69, 9.17) is 34.2 Å². The van der Waals surface area contributed by atoms with E-state index in [0.717, 1.165) is 6.42 Å². The summed E-state index contributed by atoms with van der Waals surface area (Å²) < 4.78 is 33.0. The minimum atomic E-state index is -1.74. The number of amides is 4. The third-order valence-electron chi connectivity index (χ3n) is 14.3. The van der Waals surface area contributed by atoms with Crippen molar-refractivity contribution in [2.75, 3.05) is 78.9 Å². The second-order valence-corrected chi connectivity index (χ2v) is 19.7. The number of ether oxygens (including phenoxy) is 6. The van der Waals surface area contributed by atoms with Gasteiger partial charge in [-0.15, -0.1) is 0 Å². The lowest BCUT2D eigenvalue weighted by molar-refractivity contribution is -0.303. The summed E-state index contributed by atoms with van der Waals surface area (Å²) in [7, 11) is 0. The average Bonchev–Trinajstić information content (AvgIpc) is 3.39. The number of nitrogens with two attached hydrogens (primary N) is 1. The summed E-state index contributed by atoms with van der Waals surface area (Å²) in [4.78, 5) is 68.9. The van der Waals surface area contributed by atoms with Crippen LogP contribution in [0.1, 0.15) is 84.0 Å². The van der Waals surface area contributed by atoms with Gasteiger partial charge in [0, 0.05) is 58.4 Å². The quantitative estimate of drug-likeness (QED) is 0.0287. The number of piperidine rings is 1. The zero-order valence-corrected chi connectivity index (χ0v) is 42.5. The largest absolute Gasteiger partial charge is 0.394 e. The average molecular weight is 1090 g/mol. The first-order valence-electron chi connectivity index (χ1n) is 25.8. The van der Waals surface area contributed by atoms with Gasteiger partial charge in [-0.1, -0.05) is 0 Å². The zero-order valence-electron chi connectivity index (χ0n) is 42.5. The van der Waals surface area contributed by atoms with Crippen LogP contribution in [0.25, 0.3) is 0 Å². The van der Waals surface area contributed by atoms with E-state index in [9.17, 15) is 85.3 Å². The number of unbranched alkanes of at least 4 members (excludes halogenated alkanes) is 2. The maximum absolute atomic E-state index is 14.2. The number of hydrogen-bond acceptors (Lipinski definition) is 24. The molecule has 16 N–H and O–H groups in total. The molecule has 4 rings (SSSR count). The molecule has 0 aromatic rings. The molecule has 4 saturated heterocycles. The van der Waals surface area contributed by atoms with Gasteiger partial charge < -0.3 is 116 Å². The van der Waals surface area contributed by atoms with Crippen molar-refractivity contribution in [3.8, 4) is 0 Å². The highest BCUT2D eigenvalue weighted by Crippen LogP contribution is 2.40. The monoisotopic (exact) mass is 1090 g/mol. The molecule has 75 heavy (non-hydrogen) atoms. The van der Waals surface area contributed by atoms with Crippen LogP contribution in [0.4, 0.5) is 0 Å². The number of carbonyl (C=O) groups is 5. The lowest BCUT2D eigenvalue weighted by Gasteiger charge is -2.42. The van der Waals surface area contributed by atoms with Crippen molar-refractivity contribution >= 4 is 29.4 Å². The van der Waals surface area contributed by atoms with Crippen molar-refractivity contribution in [1.29, 1.82) is 0 Å². The standard InChI is InChI=1S/C47H83N5O23/c1-26(56)27(6-4-5-13-48)50-31(57)7-2-3-8-33(59)51-15-11-47(12-16-51,22-32(58)49-14-19-70-44-41(67)38(64)35(61)28(23-53)73-44)10-9-34(60)52(17-20-71-45-42(68)39(65)36(62)29(24-54)74-45)18-21-72-46-43(69)40(66)37(63)30(25-55)75-46/h27-30,35-46,53-55,61-69H,2-25,48H2,1H3,(H,49,58)(H,50,57)/t27-,28+,29+,30+,35+,36+,37+,38-,39-,40-,41-,42-,43-,44-,45-,46-/m0/s1. The Labute approximate surface area is 434 Å². The molecule has 0 aromatic carbocycles. The molecule has 4 fully saturated rings. The van der Waals surface area contributed by atoms with Gasteiger partial charge in [0.05, 0.1) is 45.7 Å². The van der Waals surface area contributed by atoms with Crippen molar-refractivity contribution in [1.82, 2.24) is 20.4 Å². The predicted molar refractivity (Wildman–Crippen MR) is 255 cm³/mol. The van der Waals surface area contributed by atoms with Gasteiger partial charge in [-0.2, -0.15) is 0 Å². The lowest BCUT2D eigenvalue weighted by Crippen LogP contribution is -2.59. The summed E-state index contributed by atoms with van der Waals surface area (Å²) in [5.74, 6) is -1.58. The molecule has 4 heterocycles. The summed E-state index contributed by atoms with van der Waals surface area (Å²) in [6, 6.07) is -0.609. The van der Waals surface area contributed by atoms with E-state index >= 15 is 0 Å². The molecule has 4 aliphatic rings. The minimum Gasteiger partial charge on any atom is -0.394 e. The molecule has 0 spiro atoms. The van der Waals surface area contributed by atoms with Gasteiger partial charge in [0.15, 0.2) is 24.7 Å². The van der Waals surface area contributed by atoms with Gasteiger partial charge in [0.2, 0.25) is 23.6 Å². The molecule has 0 unspecified atom stereocenters. The van der Waals surface area contributed by atoms with Crippen molar-refractivity contribution in [2.45, 2.75) is 182 Å². The van der Waals surface area contributed by atoms with Crippen molar-refractivity contribution in [2.24, 2.45) is 11.1 Å². The van der Waals surface area contributed by atoms with Crippen LogP contribution in [0.3, 0.4) is 0 Å².